The molecule has 1 aromatic carbocycles. The average Bonchev–Trinajstić information content (AvgIpc) is 2.28. The van der Waals surface area contributed by atoms with Crippen LogP contribution in [0.3, 0.4) is 0 Å². The second-order valence-electron chi connectivity index (χ2n) is 4.46. The Morgan fingerprint density at radius 3 is 2.94 bits per heavy atom. The normalized spacial score (nSPS) is 22.0. The van der Waals surface area contributed by atoms with E-state index in [0.717, 1.165) is 22.3 Å². The molecule has 1 unspecified atom stereocenters. The Bertz CT molecular complexity index is 519. The fraction of sp³-hybridized carbons (Fsp3) is 0.500. The molecular weight excluding hydrogens is 334 g/mol. The molecule has 1 saturated heterocycles. The van der Waals surface area contributed by atoms with Gasteiger partial charge in [-0.3, -0.25) is 4.90 Å². The van der Waals surface area contributed by atoms with Gasteiger partial charge in [-0.15, -0.1) is 0 Å². The molecular formula is C12H16BrNO2S2. The maximum Gasteiger partial charge on any atom is 0.164 e. The first kappa shape index (κ1) is 14.4. The number of halogens is 1. The summed E-state index contributed by atoms with van der Waals surface area (Å²) in [6, 6.07) is 8.03. The molecule has 0 aliphatic carbocycles. The van der Waals surface area contributed by atoms with Gasteiger partial charge in [0.05, 0.1) is 0 Å². The van der Waals surface area contributed by atoms with Gasteiger partial charge in [-0.2, -0.15) is 11.8 Å². The standard InChI is InChI=1S/C12H16BrNO2S2/c1-18(15,16)12-9-17-6-5-14(12)8-10-3-2-4-11(13)7-10/h2-4,7,12H,5-6,8-9H2,1H3. The third-order valence-electron chi connectivity index (χ3n) is 2.96. The van der Waals surface area contributed by atoms with Gasteiger partial charge in [0.15, 0.2) is 9.84 Å². The van der Waals surface area contributed by atoms with Crippen molar-refractivity contribution < 1.29 is 8.42 Å². The summed E-state index contributed by atoms with van der Waals surface area (Å²) < 4.78 is 24.6. The summed E-state index contributed by atoms with van der Waals surface area (Å²) in [5, 5.41) is -0.352. The highest BCUT2D eigenvalue weighted by Crippen LogP contribution is 2.23. The minimum absolute atomic E-state index is 0.352. The Labute approximate surface area is 121 Å². The van der Waals surface area contributed by atoms with Gasteiger partial charge in [-0.1, -0.05) is 28.1 Å². The second kappa shape index (κ2) is 5.94. The third kappa shape index (κ3) is 3.73. The lowest BCUT2D eigenvalue weighted by molar-refractivity contribution is 0.262. The van der Waals surface area contributed by atoms with Crippen molar-refractivity contribution in [3.8, 4) is 0 Å². The van der Waals surface area contributed by atoms with E-state index in [0.29, 0.717) is 12.3 Å². The number of sulfone groups is 1. The SMILES string of the molecule is CS(=O)(=O)C1CSCCN1Cc1cccc(Br)c1. The van der Waals surface area contributed by atoms with Gasteiger partial charge in [0.2, 0.25) is 0 Å². The highest BCUT2D eigenvalue weighted by Gasteiger charge is 2.30. The van der Waals surface area contributed by atoms with Gasteiger partial charge in [0.1, 0.15) is 5.37 Å². The lowest BCUT2D eigenvalue weighted by atomic mass is 10.2. The first-order valence-corrected chi connectivity index (χ1v) is 9.62. The molecule has 0 amide bonds. The van der Waals surface area contributed by atoms with E-state index in [2.05, 4.69) is 20.8 Å². The second-order valence-corrected chi connectivity index (χ2v) is 8.73. The van der Waals surface area contributed by atoms with Gasteiger partial charge < -0.3 is 0 Å². The van der Waals surface area contributed by atoms with Crippen molar-refractivity contribution in [1.82, 2.24) is 4.90 Å². The van der Waals surface area contributed by atoms with Crippen LogP contribution in [-0.2, 0) is 16.4 Å². The molecule has 0 N–H and O–H groups in total. The van der Waals surface area contributed by atoms with Gasteiger partial charge in [-0.25, -0.2) is 8.42 Å². The van der Waals surface area contributed by atoms with Crippen molar-refractivity contribution in [3.05, 3.63) is 34.3 Å². The highest BCUT2D eigenvalue weighted by molar-refractivity contribution is 9.10. The Hall–Kier alpha value is -0.0400. The fourth-order valence-electron chi connectivity index (χ4n) is 2.06. The smallest absolute Gasteiger partial charge is 0.164 e. The molecule has 1 heterocycles. The molecule has 1 fully saturated rings. The summed E-state index contributed by atoms with van der Waals surface area (Å²) in [4.78, 5) is 2.06. The van der Waals surface area contributed by atoms with E-state index in [9.17, 15) is 8.42 Å². The zero-order valence-corrected chi connectivity index (χ0v) is 13.4. The predicted molar refractivity (Wildman–Crippen MR) is 80.5 cm³/mol. The van der Waals surface area contributed by atoms with Crippen molar-refractivity contribution in [3.63, 3.8) is 0 Å². The van der Waals surface area contributed by atoms with Crippen LogP contribution in [0.2, 0.25) is 0 Å². The number of benzene rings is 1. The van der Waals surface area contributed by atoms with Gasteiger partial charge in [0, 0.05) is 35.3 Å². The molecule has 6 heteroatoms. The Morgan fingerprint density at radius 2 is 2.28 bits per heavy atom. The van der Waals surface area contributed by atoms with Crippen LogP contribution in [0.1, 0.15) is 5.56 Å². The summed E-state index contributed by atoms with van der Waals surface area (Å²) in [5.74, 6) is 1.67. The topological polar surface area (TPSA) is 37.4 Å². The van der Waals surface area contributed by atoms with E-state index in [-0.39, 0.29) is 5.37 Å². The van der Waals surface area contributed by atoms with E-state index < -0.39 is 9.84 Å². The molecule has 100 valence electrons. The Morgan fingerprint density at radius 1 is 1.50 bits per heavy atom. The molecule has 1 aliphatic heterocycles. The average molecular weight is 350 g/mol. The lowest BCUT2D eigenvalue weighted by Crippen LogP contribution is -2.46. The molecule has 3 nitrogen and oxygen atoms in total. The largest absolute Gasteiger partial charge is 0.281 e. The Kier molecular flexibility index (Phi) is 4.75. The minimum Gasteiger partial charge on any atom is -0.281 e. The highest BCUT2D eigenvalue weighted by atomic mass is 79.9. The van der Waals surface area contributed by atoms with Crippen LogP contribution in [0.4, 0.5) is 0 Å². The van der Waals surface area contributed by atoms with E-state index in [1.807, 2.05) is 24.3 Å². The molecule has 1 aliphatic rings. The monoisotopic (exact) mass is 349 g/mol. The van der Waals surface area contributed by atoms with Crippen molar-refractivity contribution in [2.75, 3.05) is 24.3 Å². The maximum absolute atomic E-state index is 11.8. The van der Waals surface area contributed by atoms with Gasteiger partial charge in [0.25, 0.3) is 0 Å². The lowest BCUT2D eigenvalue weighted by Gasteiger charge is -2.34. The summed E-state index contributed by atoms with van der Waals surface area (Å²) in [7, 11) is -3.01. The van der Waals surface area contributed by atoms with E-state index >= 15 is 0 Å². The zero-order valence-electron chi connectivity index (χ0n) is 10.2. The first-order valence-electron chi connectivity index (χ1n) is 5.72. The molecule has 18 heavy (non-hydrogen) atoms. The third-order valence-corrected chi connectivity index (χ3v) is 6.14. The predicted octanol–water partition coefficient (Wildman–Crippen LogP) is 2.37. The van der Waals surface area contributed by atoms with Crippen LogP contribution in [0, 0.1) is 0 Å². The van der Waals surface area contributed by atoms with E-state index in [1.54, 1.807) is 11.8 Å². The number of rotatable bonds is 3. The van der Waals surface area contributed by atoms with Crippen molar-refractivity contribution in [2.24, 2.45) is 0 Å². The zero-order chi connectivity index (χ0) is 13.2. The molecule has 0 radical (unpaired) electrons. The number of thioether (sulfide) groups is 1. The van der Waals surface area contributed by atoms with Gasteiger partial charge >= 0.3 is 0 Å². The number of nitrogens with zero attached hydrogens (tertiary/aromatic N) is 1. The minimum atomic E-state index is -3.01. The first-order chi connectivity index (χ1) is 8.47. The molecule has 2 rings (SSSR count). The molecule has 0 saturated carbocycles. The fourth-order valence-corrected chi connectivity index (χ4v) is 5.45. The van der Waals surface area contributed by atoms with Crippen LogP contribution in [-0.4, -0.2) is 43.0 Å². The molecule has 0 spiro atoms. The van der Waals surface area contributed by atoms with Crippen LogP contribution >= 0.6 is 27.7 Å². The molecule has 1 aromatic rings. The Balaban J connectivity index is 2.15. The van der Waals surface area contributed by atoms with Gasteiger partial charge in [-0.05, 0) is 17.7 Å². The molecule has 1 atom stereocenters. The molecule has 0 aromatic heterocycles. The van der Waals surface area contributed by atoms with E-state index in [4.69, 9.17) is 0 Å². The number of hydrogen-bond donors (Lipinski definition) is 0. The summed E-state index contributed by atoms with van der Waals surface area (Å²) in [5.41, 5.74) is 1.14. The molecule has 0 bridgehead atoms. The van der Waals surface area contributed by atoms with Crippen LogP contribution in [0.25, 0.3) is 0 Å². The van der Waals surface area contributed by atoms with Crippen molar-refractivity contribution in [1.29, 1.82) is 0 Å². The van der Waals surface area contributed by atoms with Crippen LogP contribution in [0.15, 0.2) is 28.7 Å². The summed E-state index contributed by atoms with van der Waals surface area (Å²) in [6.07, 6.45) is 1.33. The van der Waals surface area contributed by atoms with Crippen molar-refractivity contribution in [2.45, 2.75) is 11.9 Å². The van der Waals surface area contributed by atoms with Crippen LogP contribution < -0.4 is 0 Å². The van der Waals surface area contributed by atoms with E-state index in [1.165, 1.54) is 6.26 Å². The maximum atomic E-state index is 11.8. The number of hydrogen-bond acceptors (Lipinski definition) is 4. The quantitative estimate of drug-likeness (QED) is 0.839. The van der Waals surface area contributed by atoms with Crippen LogP contribution in [0.5, 0.6) is 0 Å². The van der Waals surface area contributed by atoms with Crippen molar-refractivity contribution >= 4 is 37.5 Å². The summed E-state index contributed by atoms with van der Waals surface area (Å²) >= 11 is 5.16. The summed E-state index contributed by atoms with van der Waals surface area (Å²) in [6.45, 7) is 1.52.